The summed E-state index contributed by atoms with van der Waals surface area (Å²) in [4.78, 5) is 248. The highest BCUT2D eigenvalue weighted by atomic mass is 16.4. The molecule has 0 spiro atoms. The minimum absolute atomic E-state index is 0.00877. The molecule has 2 aromatic carbocycles. The zero-order valence-corrected chi connectivity index (χ0v) is 69.8. The summed E-state index contributed by atoms with van der Waals surface area (Å²) in [6.45, 7) is 7.93. The van der Waals surface area contributed by atoms with Gasteiger partial charge < -0.3 is 133 Å². The Morgan fingerprint density at radius 3 is 1.63 bits per heavy atom. The highest BCUT2D eigenvalue weighted by Crippen LogP contribution is 2.22. The third-order valence-electron chi connectivity index (χ3n) is 19.7. The third kappa shape index (κ3) is 35.6. The number of aromatic nitrogens is 1. The fourth-order valence-electron chi connectivity index (χ4n) is 13.0. The van der Waals surface area contributed by atoms with Gasteiger partial charge in [0, 0.05) is 49.5 Å². The summed E-state index contributed by atoms with van der Waals surface area (Å²) in [5, 5.41) is 75.1. The van der Waals surface area contributed by atoms with Crippen molar-refractivity contribution in [3.05, 3.63) is 71.9 Å². The number of hydrogen-bond acceptors (Lipinski definition) is 23. The lowest BCUT2D eigenvalue weighted by atomic mass is 9.96. The number of unbranched alkanes of at least 4 members (excludes halogenated alkanes) is 1. The average Bonchev–Trinajstić information content (AvgIpc) is 1.65. The SMILES string of the molecule is CC[C@H](C)[C@H](NC(=O)[C@H](Cc1ccccc1)NC(=O)[C@H](CC(C)C)NC(=O)[C@@H](N)CCCNC(=N)N)C(=O)N[C@@H](CCC(=O)O)C(=O)N[C@@H](Cc1c[nH]c2ccccc12)C(=O)N[C@@H](CC(C)C)C(=O)N[C@@H](CCCCN)C(=O)N[C@@H](CC(N)=O)C(=O)NCC(=O)NCC(=O)N1CCC[C@H]1C(=O)N[C@@H](CO)C(=O)N[C@@H](CO)C(=O)NCC(=O)N[C@@H](C)C=O. The zero-order valence-electron chi connectivity index (χ0n) is 69.8. The molecular weight excluding hydrogens is 1590 g/mol. The quantitative estimate of drug-likeness (QED) is 0.0108. The van der Waals surface area contributed by atoms with Crippen molar-refractivity contribution in [2.75, 3.05) is 52.5 Å². The molecule has 14 atom stereocenters. The molecule has 43 nitrogen and oxygen atoms in total. The Bertz CT molecular complexity index is 4090. The number of aldehydes is 1. The number of fused-ring (bicyclic) bond motifs is 1. The Morgan fingerprint density at radius 2 is 1.05 bits per heavy atom. The number of carbonyl (C=O) groups is 18. The molecule has 1 aromatic heterocycles. The van der Waals surface area contributed by atoms with E-state index < -0.39 is 237 Å². The molecule has 28 N–H and O–H groups in total. The minimum Gasteiger partial charge on any atom is -0.481 e. The van der Waals surface area contributed by atoms with Crippen LogP contribution in [0.5, 0.6) is 0 Å². The van der Waals surface area contributed by atoms with Crippen LogP contribution < -0.4 is 103 Å². The molecule has 0 bridgehead atoms. The van der Waals surface area contributed by atoms with Crippen LogP contribution in [-0.4, -0.2) is 269 Å². The molecule has 674 valence electrons. The fraction of sp³-hybridized carbons (Fsp3) is 0.582. The number of carbonyl (C=O) groups excluding carboxylic acids is 17. The maximum Gasteiger partial charge on any atom is 0.303 e. The topological polar surface area (TPSA) is 695 Å². The molecule has 0 unspecified atom stereocenters. The number of aromatic amines is 1. The van der Waals surface area contributed by atoms with Crippen LogP contribution in [0.4, 0.5) is 0 Å². The Balaban J connectivity index is 1.55. The van der Waals surface area contributed by atoms with Crippen LogP contribution >= 0.6 is 0 Å². The predicted molar refractivity (Wildman–Crippen MR) is 442 cm³/mol. The van der Waals surface area contributed by atoms with Gasteiger partial charge in [-0.05, 0) is 113 Å². The molecule has 1 saturated heterocycles. The maximum absolute atomic E-state index is 15.1. The van der Waals surface area contributed by atoms with Crippen LogP contribution in [0.3, 0.4) is 0 Å². The number of aliphatic hydroxyl groups is 2. The lowest BCUT2D eigenvalue weighted by Crippen LogP contribution is -2.61. The summed E-state index contributed by atoms with van der Waals surface area (Å²) < 4.78 is 0. The van der Waals surface area contributed by atoms with Gasteiger partial charge in [0.25, 0.3) is 0 Å². The molecule has 1 aliphatic rings. The van der Waals surface area contributed by atoms with E-state index in [4.69, 9.17) is 28.3 Å². The molecule has 43 heteroatoms. The summed E-state index contributed by atoms with van der Waals surface area (Å²) in [7, 11) is 0. The number of H-pyrrole nitrogens is 1. The number of amides is 16. The first kappa shape index (κ1) is 102. The van der Waals surface area contributed by atoms with Crippen molar-refractivity contribution >= 4 is 124 Å². The number of carboxylic acid groups (broad SMARTS) is 1. The molecule has 2 heterocycles. The van der Waals surface area contributed by atoms with E-state index in [0.717, 1.165) is 4.90 Å². The van der Waals surface area contributed by atoms with Crippen LogP contribution in [0.1, 0.15) is 143 Å². The van der Waals surface area contributed by atoms with E-state index in [-0.39, 0.29) is 102 Å². The Morgan fingerprint density at radius 1 is 0.541 bits per heavy atom. The predicted octanol–water partition coefficient (Wildman–Crippen LogP) is -6.57. The van der Waals surface area contributed by atoms with Crippen LogP contribution in [0.2, 0.25) is 0 Å². The molecule has 16 amide bonds. The van der Waals surface area contributed by atoms with Gasteiger partial charge in [0.05, 0.1) is 51.4 Å². The van der Waals surface area contributed by atoms with Crippen LogP contribution in [0, 0.1) is 23.2 Å². The summed E-state index contributed by atoms with van der Waals surface area (Å²) in [6, 6.07) is -3.27. The van der Waals surface area contributed by atoms with Gasteiger partial charge in [-0.2, -0.15) is 0 Å². The van der Waals surface area contributed by atoms with Crippen molar-refractivity contribution < 1.29 is 102 Å². The van der Waals surface area contributed by atoms with Gasteiger partial charge in [-0.3, -0.25) is 86.9 Å². The van der Waals surface area contributed by atoms with E-state index in [1.165, 1.54) is 6.92 Å². The van der Waals surface area contributed by atoms with Gasteiger partial charge in [0.15, 0.2) is 5.96 Å². The number of hydrogen-bond donors (Lipinski definition) is 24. The average molecular weight is 1720 g/mol. The van der Waals surface area contributed by atoms with Crippen molar-refractivity contribution in [3.63, 3.8) is 0 Å². The lowest BCUT2D eigenvalue weighted by Gasteiger charge is -2.30. The molecule has 3 aromatic rings. The minimum atomic E-state index is -1.80. The normalized spacial score (nSPS) is 15.6. The maximum atomic E-state index is 15.1. The number of rotatable bonds is 55. The first-order valence-corrected chi connectivity index (χ1v) is 40.6. The summed E-state index contributed by atoms with van der Waals surface area (Å²) >= 11 is 0. The highest BCUT2D eigenvalue weighted by Gasteiger charge is 2.40. The fourth-order valence-corrected chi connectivity index (χ4v) is 13.0. The second-order valence-electron chi connectivity index (χ2n) is 30.7. The Labute approximate surface area is 705 Å². The smallest absolute Gasteiger partial charge is 0.303 e. The number of nitrogens with zero attached hydrogens (tertiary/aromatic N) is 1. The second-order valence-corrected chi connectivity index (χ2v) is 30.7. The number of likely N-dealkylation sites (tertiary alicyclic amines) is 1. The van der Waals surface area contributed by atoms with E-state index >= 15 is 4.79 Å². The summed E-state index contributed by atoms with van der Waals surface area (Å²) in [6.07, 6.45) is 0.946. The largest absolute Gasteiger partial charge is 0.481 e. The molecule has 4 rings (SSSR count). The van der Waals surface area contributed by atoms with Gasteiger partial charge >= 0.3 is 5.97 Å². The van der Waals surface area contributed by atoms with Crippen molar-refractivity contribution in [1.29, 1.82) is 5.41 Å². The third-order valence-corrected chi connectivity index (χ3v) is 19.7. The number of aliphatic carboxylic acids is 1. The number of guanidine groups is 1. The lowest BCUT2D eigenvalue weighted by molar-refractivity contribution is -0.140. The van der Waals surface area contributed by atoms with Gasteiger partial charge in [-0.25, -0.2) is 0 Å². The molecule has 1 fully saturated rings. The van der Waals surface area contributed by atoms with Gasteiger partial charge in [0.1, 0.15) is 72.7 Å². The van der Waals surface area contributed by atoms with E-state index in [0.29, 0.717) is 41.2 Å². The number of carboxylic acids is 1. The van der Waals surface area contributed by atoms with Crippen molar-refractivity contribution in [3.8, 4) is 0 Å². The van der Waals surface area contributed by atoms with Crippen LogP contribution in [-0.2, 0) is 99.1 Å². The van der Waals surface area contributed by atoms with Gasteiger partial charge in [0.2, 0.25) is 94.5 Å². The number of primary amides is 1. The molecule has 0 saturated carbocycles. The highest BCUT2D eigenvalue weighted by molar-refractivity contribution is 6.01. The molecule has 0 aliphatic carbocycles. The van der Waals surface area contributed by atoms with E-state index in [2.05, 4.69) is 84.7 Å². The van der Waals surface area contributed by atoms with Crippen LogP contribution in [0.15, 0.2) is 60.8 Å². The standard InChI is InChI=1S/C79H122N22O21/c1-8-44(6)66(100-75(119)55(32-46-18-10-9-11-19-46)95-73(117)53(30-42(2)3)93-67(111)49(81)21-16-28-85-79(83)84)78(122)92-52(25-26-65(109)110)71(115)96-56(33-47-35-86-50-22-13-12-20-48(47)50)74(118)94-54(31-43(4)5)72(116)91-51(23-14-15-27-80)70(114)97-57(34-61(82)105)68(112)88-36-62(106)87-38-64(108)101-29-17-24-60(101)77(121)99-59(41-104)76(120)98-58(40-103)69(113)89-37-63(107)90-45(7)39-102/h9-13,18-20,22,35,39,42-45,49,51-60,66,86,103-104H,8,14-17,21,23-34,36-38,40-41,80-81H2,1-7H3,(H2,82,105)(H,87,106)(H,88,112)(H,89,113)(H,90,107)(H,91,116)(H,92,122)(H,93,111)(H,94,118)(H,95,117)(H,96,115)(H,97,114)(H,98,120)(H,99,121)(H,100,119)(H,109,110)(H4,83,84,85)/t44-,45-,49-,51-,52-,53-,54-,55-,56-,57-,58-,59-,60-,66-/m0/s1. The first-order chi connectivity index (χ1) is 57.8. The summed E-state index contributed by atoms with van der Waals surface area (Å²) in [5.41, 5.74) is 24.6. The van der Waals surface area contributed by atoms with Crippen molar-refractivity contribution in [2.45, 2.75) is 223 Å². The van der Waals surface area contributed by atoms with Crippen molar-refractivity contribution in [1.82, 2.24) is 89.6 Å². The number of nitrogens with one attached hydrogen (secondary N) is 17. The first-order valence-electron chi connectivity index (χ1n) is 40.6. The van der Waals surface area contributed by atoms with Gasteiger partial charge in [-0.1, -0.05) is 96.5 Å². The van der Waals surface area contributed by atoms with Crippen LogP contribution in [0.25, 0.3) is 10.9 Å². The number of nitrogens with two attached hydrogens (primary N) is 4. The Hall–Kier alpha value is -12.2. The van der Waals surface area contributed by atoms with E-state index in [9.17, 15) is 96.8 Å². The van der Waals surface area contributed by atoms with Crippen molar-refractivity contribution in [2.24, 2.45) is 40.7 Å². The summed E-state index contributed by atoms with van der Waals surface area (Å²) in [5.74, 6) is -18.0. The van der Waals surface area contributed by atoms with E-state index in [1.54, 1.807) is 88.5 Å². The van der Waals surface area contributed by atoms with E-state index in [1.807, 2.05) is 13.8 Å². The molecule has 0 radical (unpaired) electrons. The molecular formula is C79H122N22O21. The number of benzene rings is 2. The monoisotopic (exact) mass is 1710 g/mol. The number of para-hydroxylation sites is 1. The molecule has 122 heavy (non-hydrogen) atoms. The molecule has 1 aliphatic heterocycles. The Kier molecular flexibility index (Phi) is 44.1. The number of aliphatic hydroxyl groups excluding tert-OH is 2. The van der Waals surface area contributed by atoms with Gasteiger partial charge in [-0.15, -0.1) is 0 Å². The second kappa shape index (κ2) is 52.7. The zero-order chi connectivity index (χ0) is 90.9.